The van der Waals surface area contributed by atoms with Gasteiger partial charge < -0.3 is 10.6 Å². The average Bonchev–Trinajstić information content (AvgIpc) is 2.65. The molecular weight excluding hydrogens is 340 g/mol. The first-order valence-corrected chi connectivity index (χ1v) is 9.24. The van der Waals surface area contributed by atoms with Crippen molar-refractivity contribution in [3.63, 3.8) is 0 Å². The summed E-state index contributed by atoms with van der Waals surface area (Å²) in [6.07, 6.45) is 5.02. The molecule has 3 rings (SSSR count). The number of hydrogen-bond donors (Lipinski definition) is 3. The van der Waals surface area contributed by atoms with Crippen LogP contribution in [0, 0.1) is 6.92 Å². The second-order valence-electron chi connectivity index (χ2n) is 6.26. The van der Waals surface area contributed by atoms with Crippen LogP contribution in [0.1, 0.15) is 23.4 Å². The van der Waals surface area contributed by atoms with Crippen molar-refractivity contribution in [2.75, 3.05) is 25.5 Å². The molecule has 4 nitrogen and oxygen atoms in total. The molecule has 0 aliphatic rings. The Morgan fingerprint density at radius 2 is 1.81 bits per heavy atom. The largest absolute Gasteiger partial charge is 0.369 e. The van der Waals surface area contributed by atoms with Gasteiger partial charge in [0.25, 0.3) is 0 Å². The molecule has 0 saturated heterocycles. The number of fused-ring (bicyclic) bond motifs is 1. The molecule has 0 radical (unpaired) electrons. The molecule has 0 atom stereocenters. The lowest BCUT2D eigenvalue weighted by molar-refractivity contribution is 0.747. The standard InChI is InChI=1S/C21H24N4S/c1-15-4-6-16(7-5-15)8-11-20-24-19-10-9-17(26)14-18(19)21(25-20)23-13-3-12-22-2/h4-11,14,22,26H,3,12-13H2,1-2H3,(H,23,24,25)/b11-8+. The van der Waals surface area contributed by atoms with Crippen molar-refractivity contribution in [1.82, 2.24) is 15.3 Å². The number of benzene rings is 2. The van der Waals surface area contributed by atoms with Crippen molar-refractivity contribution in [3.8, 4) is 0 Å². The van der Waals surface area contributed by atoms with Gasteiger partial charge in [-0.1, -0.05) is 35.9 Å². The maximum atomic E-state index is 4.71. The van der Waals surface area contributed by atoms with Gasteiger partial charge >= 0.3 is 0 Å². The van der Waals surface area contributed by atoms with E-state index in [9.17, 15) is 0 Å². The van der Waals surface area contributed by atoms with Gasteiger partial charge in [-0.15, -0.1) is 12.6 Å². The van der Waals surface area contributed by atoms with Gasteiger partial charge in [0.2, 0.25) is 0 Å². The predicted octanol–water partition coefficient (Wildman–Crippen LogP) is 4.42. The van der Waals surface area contributed by atoms with E-state index < -0.39 is 0 Å². The molecular formula is C21H24N4S. The molecule has 0 spiro atoms. The van der Waals surface area contributed by atoms with Crippen LogP contribution in [0.4, 0.5) is 5.82 Å². The normalized spacial score (nSPS) is 11.3. The van der Waals surface area contributed by atoms with Crippen molar-refractivity contribution in [1.29, 1.82) is 0 Å². The van der Waals surface area contributed by atoms with Gasteiger partial charge in [0.1, 0.15) is 5.82 Å². The molecule has 0 bridgehead atoms. The number of hydrogen-bond acceptors (Lipinski definition) is 5. The summed E-state index contributed by atoms with van der Waals surface area (Å²) in [5.74, 6) is 1.55. The summed E-state index contributed by atoms with van der Waals surface area (Å²) in [5.41, 5.74) is 3.30. The van der Waals surface area contributed by atoms with Crippen LogP contribution in [-0.2, 0) is 0 Å². The summed E-state index contributed by atoms with van der Waals surface area (Å²) in [5, 5.41) is 7.59. The van der Waals surface area contributed by atoms with Crippen LogP contribution >= 0.6 is 12.6 Å². The van der Waals surface area contributed by atoms with Gasteiger partial charge in [0, 0.05) is 16.8 Å². The Kier molecular flexibility index (Phi) is 6.26. The molecule has 2 aromatic carbocycles. The van der Waals surface area contributed by atoms with E-state index in [0.29, 0.717) is 5.82 Å². The third-order valence-electron chi connectivity index (χ3n) is 4.09. The van der Waals surface area contributed by atoms with Gasteiger partial charge in [-0.2, -0.15) is 0 Å². The van der Waals surface area contributed by atoms with Crippen molar-refractivity contribution in [3.05, 3.63) is 59.4 Å². The number of nitrogens with one attached hydrogen (secondary N) is 2. The molecule has 0 unspecified atom stereocenters. The number of anilines is 1. The molecule has 1 heterocycles. The highest BCUT2D eigenvalue weighted by Gasteiger charge is 2.07. The quantitative estimate of drug-likeness (QED) is 0.429. The van der Waals surface area contributed by atoms with E-state index >= 15 is 0 Å². The SMILES string of the molecule is CNCCCNc1nc(/C=C/c2ccc(C)cc2)nc2ccc(S)cc12. The van der Waals surface area contributed by atoms with E-state index in [2.05, 4.69) is 59.4 Å². The molecule has 3 aromatic rings. The van der Waals surface area contributed by atoms with Gasteiger partial charge in [-0.25, -0.2) is 9.97 Å². The second-order valence-corrected chi connectivity index (χ2v) is 6.78. The molecule has 0 aliphatic carbocycles. The zero-order valence-electron chi connectivity index (χ0n) is 15.2. The van der Waals surface area contributed by atoms with E-state index in [1.807, 2.05) is 37.4 Å². The van der Waals surface area contributed by atoms with Gasteiger partial charge in [0.15, 0.2) is 5.82 Å². The number of aryl methyl sites for hydroxylation is 1. The Morgan fingerprint density at radius 1 is 1.00 bits per heavy atom. The fourth-order valence-corrected chi connectivity index (χ4v) is 2.87. The minimum Gasteiger partial charge on any atom is -0.369 e. The van der Waals surface area contributed by atoms with Crippen molar-refractivity contribution in [2.45, 2.75) is 18.2 Å². The number of rotatable bonds is 7. The third-order valence-corrected chi connectivity index (χ3v) is 4.37. The third kappa shape index (κ3) is 4.84. The average molecular weight is 365 g/mol. The fourth-order valence-electron chi connectivity index (χ4n) is 2.66. The Hall–Kier alpha value is -2.37. The summed E-state index contributed by atoms with van der Waals surface area (Å²) in [7, 11) is 1.96. The van der Waals surface area contributed by atoms with Gasteiger partial charge in [0.05, 0.1) is 5.52 Å². The summed E-state index contributed by atoms with van der Waals surface area (Å²) in [6.45, 7) is 3.90. The zero-order chi connectivity index (χ0) is 18.4. The topological polar surface area (TPSA) is 49.8 Å². The Morgan fingerprint density at radius 3 is 2.58 bits per heavy atom. The van der Waals surface area contributed by atoms with Crippen LogP contribution in [0.25, 0.3) is 23.1 Å². The lowest BCUT2D eigenvalue weighted by Gasteiger charge is -2.10. The summed E-state index contributed by atoms with van der Waals surface area (Å²) < 4.78 is 0. The van der Waals surface area contributed by atoms with E-state index in [4.69, 9.17) is 4.98 Å². The molecule has 26 heavy (non-hydrogen) atoms. The first-order valence-electron chi connectivity index (χ1n) is 8.80. The van der Waals surface area contributed by atoms with Crippen LogP contribution in [-0.4, -0.2) is 30.1 Å². The molecule has 2 N–H and O–H groups in total. The first-order chi connectivity index (χ1) is 12.7. The number of nitrogens with zero attached hydrogens (tertiary/aromatic N) is 2. The maximum absolute atomic E-state index is 4.71. The van der Waals surface area contributed by atoms with E-state index in [1.165, 1.54) is 5.56 Å². The molecule has 0 amide bonds. The summed E-state index contributed by atoms with van der Waals surface area (Å²) in [4.78, 5) is 10.3. The van der Waals surface area contributed by atoms with Gasteiger partial charge in [-0.3, -0.25) is 0 Å². The lowest BCUT2D eigenvalue weighted by atomic mass is 10.1. The lowest BCUT2D eigenvalue weighted by Crippen LogP contribution is -2.13. The zero-order valence-corrected chi connectivity index (χ0v) is 16.1. The van der Waals surface area contributed by atoms with Crippen molar-refractivity contribution < 1.29 is 0 Å². The van der Waals surface area contributed by atoms with E-state index in [1.54, 1.807) is 0 Å². The number of thiol groups is 1. The van der Waals surface area contributed by atoms with E-state index in [0.717, 1.165) is 46.7 Å². The summed E-state index contributed by atoms with van der Waals surface area (Å²) >= 11 is 4.45. The summed E-state index contributed by atoms with van der Waals surface area (Å²) in [6, 6.07) is 14.3. The van der Waals surface area contributed by atoms with Crippen molar-refractivity contribution >= 4 is 41.5 Å². The highest BCUT2D eigenvalue weighted by molar-refractivity contribution is 7.80. The smallest absolute Gasteiger partial charge is 0.154 e. The molecule has 5 heteroatoms. The first kappa shape index (κ1) is 18.4. The molecule has 134 valence electrons. The highest BCUT2D eigenvalue weighted by atomic mass is 32.1. The van der Waals surface area contributed by atoms with Crippen LogP contribution < -0.4 is 10.6 Å². The molecule has 0 aliphatic heterocycles. The predicted molar refractivity (Wildman–Crippen MR) is 114 cm³/mol. The molecule has 0 saturated carbocycles. The Bertz CT molecular complexity index is 904. The van der Waals surface area contributed by atoms with E-state index in [-0.39, 0.29) is 0 Å². The fraction of sp³-hybridized carbons (Fsp3) is 0.238. The minimum atomic E-state index is 0.695. The number of aromatic nitrogens is 2. The maximum Gasteiger partial charge on any atom is 0.154 e. The Balaban J connectivity index is 1.90. The molecule has 1 aromatic heterocycles. The van der Waals surface area contributed by atoms with Crippen molar-refractivity contribution in [2.24, 2.45) is 0 Å². The monoisotopic (exact) mass is 364 g/mol. The minimum absolute atomic E-state index is 0.695. The van der Waals surface area contributed by atoms with Crippen LogP contribution in [0.15, 0.2) is 47.4 Å². The Labute approximate surface area is 160 Å². The van der Waals surface area contributed by atoms with Crippen LogP contribution in [0.5, 0.6) is 0 Å². The van der Waals surface area contributed by atoms with Crippen LogP contribution in [0.3, 0.4) is 0 Å². The molecule has 0 fully saturated rings. The van der Waals surface area contributed by atoms with Crippen LogP contribution in [0.2, 0.25) is 0 Å². The highest BCUT2D eigenvalue weighted by Crippen LogP contribution is 2.24. The second kappa shape index (κ2) is 8.83. The van der Waals surface area contributed by atoms with Gasteiger partial charge in [-0.05, 0) is 56.8 Å².